The Balaban J connectivity index is 1.42. The summed E-state index contributed by atoms with van der Waals surface area (Å²) in [4.78, 5) is 14.1. The van der Waals surface area contributed by atoms with Crippen LogP contribution in [0.3, 0.4) is 0 Å². The number of hydrogen-bond donors (Lipinski definition) is 1. The van der Waals surface area contributed by atoms with Crippen LogP contribution in [0.1, 0.15) is 47.8 Å². The van der Waals surface area contributed by atoms with Crippen molar-refractivity contribution in [2.75, 3.05) is 0 Å². The molecule has 3 nitrogen and oxygen atoms in total. The average Bonchev–Trinajstić information content (AvgIpc) is 2.72. The number of carbonyl (C=O) groups excluding carboxylic acids is 1. The van der Waals surface area contributed by atoms with E-state index >= 15 is 0 Å². The molecule has 1 N–H and O–H groups in total. The van der Waals surface area contributed by atoms with Gasteiger partial charge in [-0.25, -0.2) is 0 Å². The lowest BCUT2D eigenvalue weighted by Crippen LogP contribution is -2.41. The first-order chi connectivity index (χ1) is 14.0. The predicted octanol–water partition coefficient (Wildman–Crippen LogP) is 6.01. The van der Waals surface area contributed by atoms with Gasteiger partial charge in [0.15, 0.2) is 0 Å². The minimum atomic E-state index is -0.315. The molecule has 0 radical (unpaired) electrons. The summed E-state index contributed by atoms with van der Waals surface area (Å²) < 4.78 is 6.06. The van der Waals surface area contributed by atoms with Crippen LogP contribution >= 0.6 is 11.8 Å². The Kier molecular flexibility index (Phi) is 5.63. The fraction of sp³-hybridized carbons (Fsp3) is 0.240. The Morgan fingerprint density at radius 2 is 1.69 bits per heavy atom. The Labute approximate surface area is 176 Å². The van der Waals surface area contributed by atoms with E-state index in [1.54, 1.807) is 11.8 Å². The molecule has 0 saturated heterocycles. The van der Waals surface area contributed by atoms with Crippen molar-refractivity contribution in [2.45, 2.75) is 42.6 Å². The van der Waals surface area contributed by atoms with E-state index in [2.05, 4.69) is 31.3 Å². The van der Waals surface area contributed by atoms with E-state index in [9.17, 15) is 4.79 Å². The summed E-state index contributed by atoms with van der Waals surface area (Å²) in [7, 11) is 0. The highest BCUT2D eigenvalue weighted by atomic mass is 32.2. The quantitative estimate of drug-likeness (QED) is 0.530. The van der Waals surface area contributed by atoms with E-state index in [-0.39, 0.29) is 17.6 Å². The Morgan fingerprint density at radius 1 is 1.00 bits per heavy atom. The highest BCUT2D eigenvalue weighted by molar-refractivity contribution is 7.98. The molecule has 4 heteroatoms. The van der Waals surface area contributed by atoms with E-state index in [1.165, 1.54) is 10.5 Å². The van der Waals surface area contributed by atoms with Crippen LogP contribution in [0.5, 0.6) is 5.75 Å². The lowest BCUT2D eigenvalue weighted by atomic mass is 9.89. The maximum atomic E-state index is 12.9. The number of hydrogen-bond acceptors (Lipinski definition) is 3. The van der Waals surface area contributed by atoms with Crippen molar-refractivity contribution in [1.82, 2.24) is 5.32 Å². The molecule has 0 bridgehead atoms. The van der Waals surface area contributed by atoms with Gasteiger partial charge in [-0.2, -0.15) is 0 Å². The third-order valence-electron chi connectivity index (χ3n) is 5.05. The monoisotopic (exact) mass is 403 g/mol. The number of benzene rings is 3. The highest BCUT2D eigenvalue weighted by Crippen LogP contribution is 2.39. The van der Waals surface area contributed by atoms with E-state index < -0.39 is 0 Å². The number of thioether (sulfide) groups is 1. The maximum Gasteiger partial charge on any atom is 0.251 e. The van der Waals surface area contributed by atoms with Crippen molar-refractivity contribution in [1.29, 1.82) is 0 Å². The molecule has 1 aliphatic heterocycles. The van der Waals surface area contributed by atoms with Crippen LogP contribution in [0.4, 0.5) is 0 Å². The van der Waals surface area contributed by atoms with Gasteiger partial charge in [-0.3, -0.25) is 4.79 Å². The largest absolute Gasteiger partial charge is 0.487 e. The van der Waals surface area contributed by atoms with Gasteiger partial charge in [0.05, 0.1) is 6.04 Å². The smallest absolute Gasteiger partial charge is 0.251 e. The van der Waals surface area contributed by atoms with E-state index in [0.717, 1.165) is 23.5 Å². The molecule has 0 saturated carbocycles. The fourth-order valence-corrected chi connectivity index (χ4v) is 4.48. The summed E-state index contributed by atoms with van der Waals surface area (Å²) in [6.07, 6.45) is 0.738. The van der Waals surface area contributed by atoms with Gasteiger partial charge in [-0.1, -0.05) is 48.5 Å². The number of nitrogens with one attached hydrogen (secondary N) is 1. The Morgan fingerprint density at radius 3 is 2.45 bits per heavy atom. The second-order valence-electron chi connectivity index (χ2n) is 7.93. The molecule has 1 atom stereocenters. The molecule has 1 aliphatic rings. The third kappa shape index (κ3) is 4.83. The van der Waals surface area contributed by atoms with Crippen LogP contribution in [0.2, 0.25) is 0 Å². The molecule has 0 fully saturated rings. The second kappa shape index (κ2) is 8.34. The van der Waals surface area contributed by atoms with Gasteiger partial charge in [-0.05, 0) is 49.7 Å². The van der Waals surface area contributed by atoms with Crippen LogP contribution in [-0.4, -0.2) is 11.5 Å². The van der Waals surface area contributed by atoms with Gasteiger partial charge in [0.2, 0.25) is 0 Å². The lowest BCUT2D eigenvalue weighted by Gasteiger charge is -2.37. The summed E-state index contributed by atoms with van der Waals surface area (Å²) in [6, 6.07) is 26.1. The maximum absolute atomic E-state index is 12.9. The zero-order valence-electron chi connectivity index (χ0n) is 16.7. The van der Waals surface area contributed by atoms with E-state index in [0.29, 0.717) is 5.56 Å². The zero-order chi connectivity index (χ0) is 20.3. The number of amides is 1. The van der Waals surface area contributed by atoms with Gasteiger partial charge in [0, 0.05) is 28.2 Å². The summed E-state index contributed by atoms with van der Waals surface area (Å²) in [5.41, 5.74) is 2.61. The topological polar surface area (TPSA) is 38.3 Å². The summed E-state index contributed by atoms with van der Waals surface area (Å²) in [6.45, 7) is 4.11. The van der Waals surface area contributed by atoms with Crippen molar-refractivity contribution >= 4 is 17.7 Å². The van der Waals surface area contributed by atoms with E-state index in [1.807, 2.05) is 66.7 Å². The van der Waals surface area contributed by atoms with Crippen LogP contribution in [0, 0.1) is 0 Å². The molecular formula is C25H25NO2S. The van der Waals surface area contributed by atoms with Crippen molar-refractivity contribution in [3.63, 3.8) is 0 Å². The Hall–Kier alpha value is -2.72. The normalized spacial score (nSPS) is 17.1. The predicted molar refractivity (Wildman–Crippen MR) is 118 cm³/mol. The number of ether oxygens (including phenoxy) is 1. The molecule has 0 aromatic heterocycles. The molecule has 4 rings (SSSR count). The van der Waals surface area contributed by atoms with E-state index in [4.69, 9.17) is 4.74 Å². The van der Waals surface area contributed by atoms with Crippen LogP contribution < -0.4 is 10.1 Å². The minimum absolute atomic E-state index is 0.0511. The Bertz CT molecular complexity index is 983. The average molecular weight is 404 g/mol. The van der Waals surface area contributed by atoms with Gasteiger partial charge in [0.1, 0.15) is 11.4 Å². The van der Waals surface area contributed by atoms with Crippen LogP contribution in [-0.2, 0) is 5.75 Å². The van der Waals surface area contributed by atoms with Crippen molar-refractivity contribution in [3.05, 3.63) is 95.6 Å². The summed E-state index contributed by atoms with van der Waals surface area (Å²) in [5.74, 6) is 1.68. The van der Waals surface area contributed by atoms with Crippen molar-refractivity contribution in [2.24, 2.45) is 0 Å². The lowest BCUT2D eigenvalue weighted by molar-refractivity contribution is 0.0619. The van der Waals surface area contributed by atoms with Gasteiger partial charge >= 0.3 is 0 Å². The molecule has 1 heterocycles. The molecule has 0 unspecified atom stereocenters. The molecule has 29 heavy (non-hydrogen) atoms. The van der Waals surface area contributed by atoms with Crippen molar-refractivity contribution in [3.8, 4) is 5.75 Å². The standard InChI is InChI=1S/C25H25NO2S/c1-25(2)16-22(21-10-6-7-11-23(21)28-25)26-24(27)19-14-12-18(13-15-19)17-29-20-8-4-3-5-9-20/h3-15,22H,16-17H2,1-2H3,(H,26,27)/t22-/m0/s1. The van der Waals surface area contributed by atoms with Crippen LogP contribution in [0.25, 0.3) is 0 Å². The molecule has 3 aromatic rings. The highest BCUT2D eigenvalue weighted by Gasteiger charge is 2.34. The SMILES string of the molecule is CC1(C)C[C@H](NC(=O)c2ccc(CSc3ccccc3)cc2)c2ccccc2O1. The molecule has 148 valence electrons. The third-order valence-corrected chi connectivity index (χ3v) is 6.13. The first-order valence-electron chi connectivity index (χ1n) is 9.86. The molecular weight excluding hydrogens is 378 g/mol. The van der Waals surface area contributed by atoms with Crippen molar-refractivity contribution < 1.29 is 9.53 Å². The molecule has 1 amide bonds. The molecule has 0 aliphatic carbocycles. The number of fused-ring (bicyclic) bond motifs is 1. The summed E-state index contributed by atoms with van der Waals surface area (Å²) in [5, 5.41) is 3.20. The van der Waals surface area contributed by atoms with Gasteiger partial charge in [0.25, 0.3) is 5.91 Å². The zero-order valence-corrected chi connectivity index (χ0v) is 17.5. The van der Waals surface area contributed by atoms with Crippen LogP contribution in [0.15, 0.2) is 83.8 Å². The fourth-order valence-electron chi connectivity index (χ4n) is 3.61. The molecule has 3 aromatic carbocycles. The van der Waals surface area contributed by atoms with Gasteiger partial charge < -0.3 is 10.1 Å². The first kappa shape index (κ1) is 19.6. The number of carbonyl (C=O) groups is 1. The number of para-hydroxylation sites is 1. The summed E-state index contributed by atoms with van der Waals surface area (Å²) >= 11 is 1.79. The second-order valence-corrected chi connectivity index (χ2v) is 8.98. The number of rotatable bonds is 5. The first-order valence-corrected chi connectivity index (χ1v) is 10.8. The molecule has 0 spiro atoms. The van der Waals surface area contributed by atoms with Gasteiger partial charge in [-0.15, -0.1) is 11.8 Å². The minimum Gasteiger partial charge on any atom is -0.487 e.